The Morgan fingerprint density at radius 3 is 2.53 bits per heavy atom. The zero-order valence-electron chi connectivity index (χ0n) is 18.8. The molecule has 0 aliphatic heterocycles. The molecular formula is C23H33N5O3S. The van der Waals surface area contributed by atoms with Crippen molar-refractivity contribution >= 4 is 34.0 Å². The van der Waals surface area contributed by atoms with Crippen LogP contribution in [-0.2, 0) is 4.79 Å². The topological polar surface area (TPSA) is 118 Å². The van der Waals surface area contributed by atoms with Gasteiger partial charge in [-0.1, -0.05) is 43.4 Å². The van der Waals surface area contributed by atoms with Crippen molar-refractivity contribution in [2.75, 3.05) is 31.2 Å². The van der Waals surface area contributed by atoms with Gasteiger partial charge in [0.2, 0.25) is 5.91 Å². The number of carbonyl (C=O) groups is 2. The Bertz CT molecular complexity index is 894. The zero-order chi connectivity index (χ0) is 22.9. The van der Waals surface area contributed by atoms with Gasteiger partial charge in [-0.25, -0.2) is 4.98 Å². The summed E-state index contributed by atoms with van der Waals surface area (Å²) in [5.74, 6) is 0.799. The first-order chi connectivity index (χ1) is 15.5. The summed E-state index contributed by atoms with van der Waals surface area (Å²) in [6, 6.07) is 7.04. The SMILES string of the molecule is COc1ccc(NCCNC(=O)[C@H](CC2CCCCC2)NC(=O)c2sc(N)nc2C)cc1. The number of hydrogen-bond donors (Lipinski definition) is 4. The number of methoxy groups -OCH3 is 1. The van der Waals surface area contributed by atoms with Crippen LogP contribution >= 0.6 is 11.3 Å². The van der Waals surface area contributed by atoms with E-state index in [1.165, 1.54) is 19.3 Å². The van der Waals surface area contributed by atoms with E-state index in [2.05, 4.69) is 20.9 Å². The van der Waals surface area contributed by atoms with Crippen LogP contribution in [0.5, 0.6) is 5.75 Å². The monoisotopic (exact) mass is 459 g/mol. The van der Waals surface area contributed by atoms with Crippen LogP contribution in [0.15, 0.2) is 24.3 Å². The number of hydrogen-bond acceptors (Lipinski definition) is 7. The van der Waals surface area contributed by atoms with Crippen molar-refractivity contribution in [2.45, 2.75) is 51.5 Å². The molecule has 1 aromatic carbocycles. The number of carbonyl (C=O) groups excluding carboxylic acids is 2. The molecule has 0 spiro atoms. The molecule has 1 aliphatic rings. The molecule has 1 aliphatic carbocycles. The number of nitrogens with two attached hydrogens (primary N) is 1. The van der Waals surface area contributed by atoms with Gasteiger partial charge in [-0.3, -0.25) is 9.59 Å². The molecular weight excluding hydrogens is 426 g/mol. The molecule has 2 amide bonds. The minimum Gasteiger partial charge on any atom is -0.497 e. The summed E-state index contributed by atoms with van der Waals surface area (Å²) in [4.78, 5) is 30.3. The summed E-state index contributed by atoms with van der Waals surface area (Å²) in [6.07, 6.45) is 6.47. The van der Waals surface area contributed by atoms with Crippen LogP contribution in [0, 0.1) is 12.8 Å². The van der Waals surface area contributed by atoms with Crippen LogP contribution < -0.4 is 26.4 Å². The van der Waals surface area contributed by atoms with Gasteiger partial charge in [0.25, 0.3) is 5.91 Å². The van der Waals surface area contributed by atoms with Crippen LogP contribution in [0.4, 0.5) is 10.8 Å². The van der Waals surface area contributed by atoms with E-state index in [0.29, 0.717) is 41.1 Å². The van der Waals surface area contributed by atoms with Gasteiger partial charge < -0.3 is 26.4 Å². The van der Waals surface area contributed by atoms with Crippen molar-refractivity contribution in [1.82, 2.24) is 15.6 Å². The van der Waals surface area contributed by atoms with E-state index in [-0.39, 0.29) is 11.8 Å². The Balaban J connectivity index is 1.55. The molecule has 0 bridgehead atoms. The fourth-order valence-corrected chi connectivity index (χ4v) is 4.80. The summed E-state index contributed by atoms with van der Waals surface area (Å²) in [5.41, 5.74) is 7.27. The van der Waals surface area contributed by atoms with E-state index >= 15 is 0 Å². The predicted molar refractivity (Wildman–Crippen MR) is 128 cm³/mol. The first-order valence-corrected chi connectivity index (χ1v) is 12.0. The normalized spacial score (nSPS) is 15.1. The molecule has 0 radical (unpaired) electrons. The fraction of sp³-hybridized carbons (Fsp3) is 0.522. The first-order valence-electron chi connectivity index (χ1n) is 11.2. The summed E-state index contributed by atoms with van der Waals surface area (Å²) in [7, 11) is 1.63. The Kier molecular flexibility index (Phi) is 8.72. The molecule has 2 aromatic rings. The highest BCUT2D eigenvalue weighted by atomic mass is 32.1. The van der Waals surface area contributed by atoms with Crippen molar-refractivity contribution in [2.24, 2.45) is 5.92 Å². The second kappa shape index (κ2) is 11.7. The maximum absolute atomic E-state index is 13.0. The molecule has 1 atom stereocenters. The number of amides is 2. The number of anilines is 2. The van der Waals surface area contributed by atoms with Crippen molar-refractivity contribution in [3.05, 3.63) is 34.8 Å². The first kappa shape index (κ1) is 23.8. The molecule has 174 valence electrons. The van der Waals surface area contributed by atoms with E-state index in [4.69, 9.17) is 10.5 Å². The van der Waals surface area contributed by atoms with Gasteiger partial charge in [0.05, 0.1) is 12.8 Å². The minimum absolute atomic E-state index is 0.157. The third kappa shape index (κ3) is 6.85. The standard InChI is InChI=1S/C23H33N5O3S/c1-15-20(32-23(24)27-15)22(30)28-19(14-16-6-4-3-5-7-16)21(29)26-13-12-25-17-8-10-18(31-2)11-9-17/h8-11,16,19,25H,3-7,12-14H2,1-2H3,(H2,24,27)(H,26,29)(H,28,30)/t19-/m0/s1. The fourth-order valence-electron chi connectivity index (χ4n) is 4.06. The summed E-state index contributed by atoms with van der Waals surface area (Å²) in [6.45, 7) is 2.78. The molecule has 32 heavy (non-hydrogen) atoms. The number of thiazole rings is 1. The smallest absolute Gasteiger partial charge is 0.264 e. The number of benzene rings is 1. The number of nitrogen functional groups attached to an aromatic ring is 1. The highest BCUT2D eigenvalue weighted by Crippen LogP contribution is 2.28. The number of rotatable bonds is 10. The summed E-state index contributed by atoms with van der Waals surface area (Å²) in [5, 5.41) is 9.52. The quantitative estimate of drug-likeness (QED) is 0.405. The number of aryl methyl sites for hydroxylation is 1. The van der Waals surface area contributed by atoms with Crippen molar-refractivity contribution in [3.8, 4) is 5.75 Å². The summed E-state index contributed by atoms with van der Waals surface area (Å²) < 4.78 is 5.16. The Labute approximate surface area is 193 Å². The molecule has 9 heteroatoms. The lowest BCUT2D eigenvalue weighted by atomic mass is 9.84. The van der Waals surface area contributed by atoms with Crippen LogP contribution in [0.25, 0.3) is 0 Å². The molecule has 0 saturated heterocycles. The second-order valence-corrected chi connectivity index (χ2v) is 9.21. The van der Waals surface area contributed by atoms with E-state index in [9.17, 15) is 9.59 Å². The van der Waals surface area contributed by atoms with E-state index in [0.717, 1.165) is 35.6 Å². The van der Waals surface area contributed by atoms with Crippen molar-refractivity contribution in [3.63, 3.8) is 0 Å². The zero-order valence-corrected chi connectivity index (χ0v) is 19.6. The molecule has 0 unspecified atom stereocenters. The van der Waals surface area contributed by atoms with E-state index in [1.807, 2.05) is 24.3 Å². The molecule has 5 N–H and O–H groups in total. The maximum atomic E-state index is 13.0. The van der Waals surface area contributed by atoms with Gasteiger partial charge in [-0.05, 0) is 43.5 Å². The van der Waals surface area contributed by atoms with Gasteiger partial charge >= 0.3 is 0 Å². The number of nitrogens with zero attached hydrogens (tertiary/aromatic N) is 1. The lowest BCUT2D eigenvalue weighted by Gasteiger charge is -2.26. The van der Waals surface area contributed by atoms with Gasteiger partial charge in [-0.15, -0.1) is 0 Å². The van der Waals surface area contributed by atoms with Crippen molar-refractivity contribution in [1.29, 1.82) is 0 Å². The lowest BCUT2D eigenvalue weighted by molar-refractivity contribution is -0.123. The predicted octanol–water partition coefficient (Wildman–Crippen LogP) is 3.34. The maximum Gasteiger partial charge on any atom is 0.264 e. The molecule has 1 heterocycles. The number of aromatic nitrogens is 1. The van der Waals surface area contributed by atoms with Crippen LogP contribution in [-0.4, -0.2) is 43.0 Å². The number of ether oxygens (including phenoxy) is 1. The highest BCUT2D eigenvalue weighted by Gasteiger charge is 2.27. The van der Waals surface area contributed by atoms with E-state index in [1.54, 1.807) is 14.0 Å². The largest absolute Gasteiger partial charge is 0.497 e. The molecule has 1 fully saturated rings. The molecule has 3 rings (SSSR count). The van der Waals surface area contributed by atoms with Crippen LogP contribution in [0.1, 0.15) is 53.9 Å². The van der Waals surface area contributed by atoms with Crippen LogP contribution in [0.2, 0.25) is 0 Å². The van der Waals surface area contributed by atoms with Crippen LogP contribution in [0.3, 0.4) is 0 Å². The Morgan fingerprint density at radius 2 is 1.91 bits per heavy atom. The average molecular weight is 460 g/mol. The lowest BCUT2D eigenvalue weighted by Crippen LogP contribution is -2.48. The Hall–Kier alpha value is -2.81. The number of nitrogens with one attached hydrogen (secondary N) is 3. The summed E-state index contributed by atoms with van der Waals surface area (Å²) >= 11 is 1.15. The van der Waals surface area contributed by atoms with E-state index < -0.39 is 6.04 Å². The van der Waals surface area contributed by atoms with Crippen molar-refractivity contribution < 1.29 is 14.3 Å². The van der Waals surface area contributed by atoms with Gasteiger partial charge in [0.15, 0.2) is 5.13 Å². The second-order valence-electron chi connectivity index (χ2n) is 8.18. The third-order valence-corrected chi connectivity index (χ3v) is 6.76. The molecule has 8 nitrogen and oxygen atoms in total. The Morgan fingerprint density at radius 1 is 1.19 bits per heavy atom. The molecule has 1 saturated carbocycles. The van der Waals surface area contributed by atoms with Gasteiger partial charge in [0, 0.05) is 18.8 Å². The highest BCUT2D eigenvalue weighted by molar-refractivity contribution is 7.17. The third-order valence-electron chi connectivity index (χ3n) is 5.78. The van der Waals surface area contributed by atoms with Gasteiger partial charge in [0.1, 0.15) is 16.7 Å². The molecule has 1 aromatic heterocycles. The minimum atomic E-state index is -0.575. The van der Waals surface area contributed by atoms with Gasteiger partial charge in [-0.2, -0.15) is 0 Å². The average Bonchev–Trinajstić information content (AvgIpc) is 3.15.